The van der Waals surface area contributed by atoms with Crippen LogP contribution < -0.4 is 5.73 Å². The fourth-order valence-corrected chi connectivity index (χ4v) is 2.04. The molecule has 0 heterocycles. The standard InChI is InChI=1S/C12H16N2O/c1-14(2)12(15)9-3-5-10-8(7-9)4-6-11(10)13/h3,5,7,11H,4,6,13H2,1-2H3. The molecule has 0 saturated carbocycles. The molecule has 3 heteroatoms. The number of carbonyl (C=O) groups is 1. The quantitative estimate of drug-likeness (QED) is 0.750. The van der Waals surface area contributed by atoms with E-state index in [1.807, 2.05) is 18.2 Å². The number of amides is 1. The average Bonchev–Trinajstić information content (AvgIpc) is 2.59. The van der Waals surface area contributed by atoms with Crippen LogP contribution in [0.3, 0.4) is 0 Å². The van der Waals surface area contributed by atoms with E-state index in [4.69, 9.17) is 5.73 Å². The summed E-state index contributed by atoms with van der Waals surface area (Å²) < 4.78 is 0. The zero-order valence-corrected chi connectivity index (χ0v) is 9.16. The summed E-state index contributed by atoms with van der Waals surface area (Å²) in [4.78, 5) is 13.3. The maximum atomic E-state index is 11.7. The van der Waals surface area contributed by atoms with Crippen molar-refractivity contribution in [1.82, 2.24) is 4.90 Å². The van der Waals surface area contributed by atoms with Crippen LogP contribution in [0.1, 0.15) is 33.9 Å². The van der Waals surface area contributed by atoms with E-state index in [2.05, 4.69) is 0 Å². The molecule has 3 nitrogen and oxygen atoms in total. The topological polar surface area (TPSA) is 46.3 Å². The van der Waals surface area contributed by atoms with Gasteiger partial charge in [0.1, 0.15) is 0 Å². The molecule has 1 aliphatic rings. The molecular formula is C12H16N2O. The van der Waals surface area contributed by atoms with Gasteiger partial charge in [-0.1, -0.05) is 6.07 Å². The Bertz CT molecular complexity index is 399. The van der Waals surface area contributed by atoms with Crippen LogP contribution in [-0.4, -0.2) is 24.9 Å². The molecule has 0 aromatic heterocycles. The predicted molar refractivity (Wildman–Crippen MR) is 59.7 cm³/mol. The van der Waals surface area contributed by atoms with Crippen LogP contribution in [0.15, 0.2) is 18.2 Å². The Morgan fingerprint density at radius 2 is 2.20 bits per heavy atom. The Kier molecular flexibility index (Phi) is 2.49. The van der Waals surface area contributed by atoms with Gasteiger partial charge in [-0.25, -0.2) is 0 Å². The fourth-order valence-electron chi connectivity index (χ4n) is 2.04. The first kappa shape index (κ1) is 10.2. The minimum Gasteiger partial charge on any atom is -0.345 e. The summed E-state index contributed by atoms with van der Waals surface area (Å²) in [6.45, 7) is 0. The van der Waals surface area contributed by atoms with E-state index in [0.29, 0.717) is 0 Å². The van der Waals surface area contributed by atoms with Gasteiger partial charge in [0.05, 0.1) is 0 Å². The Morgan fingerprint density at radius 1 is 1.47 bits per heavy atom. The first-order chi connectivity index (χ1) is 7.09. The third-order valence-corrected chi connectivity index (χ3v) is 2.92. The second-order valence-electron chi connectivity index (χ2n) is 4.26. The normalized spacial score (nSPS) is 18.7. The lowest BCUT2D eigenvalue weighted by Crippen LogP contribution is -2.21. The maximum Gasteiger partial charge on any atom is 0.253 e. The van der Waals surface area contributed by atoms with Crippen LogP contribution in [0.4, 0.5) is 0 Å². The molecule has 1 aromatic carbocycles. The lowest BCUT2D eigenvalue weighted by atomic mass is 10.0. The van der Waals surface area contributed by atoms with Gasteiger partial charge in [-0.2, -0.15) is 0 Å². The Hall–Kier alpha value is -1.35. The molecule has 2 rings (SSSR count). The van der Waals surface area contributed by atoms with Crippen molar-refractivity contribution in [1.29, 1.82) is 0 Å². The molecule has 0 spiro atoms. The maximum absolute atomic E-state index is 11.7. The number of nitrogens with zero attached hydrogens (tertiary/aromatic N) is 1. The van der Waals surface area contributed by atoms with E-state index in [9.17, 15) is 4.79 Å². The van der Waals surface area contributed by atoms with Gasteiger partial charge in [0, 0.05) is 25.7 Å². The first-order valence-corrected chi connectivity index (χ1v) is 5.19. The number of hydrogen-bond donors (Lipinski definition) is 1. The van der Waals surface area contributed by atoms with Gasteiger partial charge < -0.3 is 10.6 Å². The molecule has 0 fully saturated rings. The highest BCUT2D eigenvalue weighted by atomic mass is 16.2. The highest BCUT2D eigenvalue weighted by Crippen LogP contribution is 2.29. The smallest absolute Gasteiger partial charge is 0.253 e. The van der Waals surface area contributed by atoms with E-state index >= 15 is 0 Å². The summed E-state index contributed by atoms with van der Waals surface area (Å²) in [5.41, 5.74) is 9.13. The molecule has 1 aromatic rings. The first-order valence-electron chi connectivity index (χ1n) is 5.19. The van der Waals surface area contributed by atoms with Crippen LogP contribution in [0.25, 0.3) is 0 Å². The van der Waals surface area contributed by atoms with Gasteiger partial charge in [-0.15, -0.1) is 0 Å². The van der Waals surface area contributed by atoms with E-state index in [0.717, 1.165) is 18.4 Å². The summed E-state index contributed by atoms with van der Waals surface area (Å²) in [7, 11) is 3.53. The van der Waals surface area contributed by atoms with Gasteiger partial charge in [0.25, 0.3) is 5.91 Å². The third-order valence-electron chi connectivity index (χ3n) is 2.92. The van der Waals surface area contributed by atoms with Crippen molar-refractivity contribution < 1.29 is 4.79 Å². The van der Waals surface area contributed by atoms with Crippen LogP contribution in [0.2, 0.25) is 0 Å². The van der Waals surface area contributed by atoms with E-state index in [1.165, 1.54) is 11.1 Å². The molecule has 2 N–H and O–H groups in total. The lowest BCUT2D eigenvalue weighted by Gasteiger charge is -2.11. The Balaban J connectivity index is 2.35. The molecule has 0 saturated heterocycles. The molecule has 0 aliphatic heterocycles. The predicted octanol–water partition coefficient (Wildman–Crippen LogP) is 1.33. The highest BCUT2D eigenvalue weighted by molar-refractivity contribution is 5.94. The lowest BCUT2D eigenvalue weighted by molar-refractivity contribution is 0.0827. The Labute approximate surface area is 89.9 Å². The van der Waals surface area contributed by atoms with Gasteiger partial charge in [-0.3, -0.25) is 4.79 Å². The van der Waals surface area contributed by atoms with E-state index in [1.54, 1.807) is 19.0 Å². The van der Waals surface area contributed by atoms with Gasteiger partial charge in [0.2, 0.25) is 0 Å². The molecule has 1 atom stereocenters. The number of carbonyl (C=O) groups excluding carboxylic acids is 1. The molecule has 15 heavy (non-hydrogen) atoms. The number of hydrogen-bond acceptors (Lipinski definition) is 2. The fraction of sp³-hybridized carbons (Fsp3) is 0.417. The van der Waals surface area contributed by atoms with Crippen molar-refractivity contribution in [2.75, 3.05) is 14.1 Å². The van der Waals surface area contributed by atoms with Crippen molar-refractivity contribution in [3.05, 3.63) is 34.9 Å². The number of rotatable bonds is 1. The van der Waals surface area contributed by atoms with E-state index < -0.39 is 0 Å². The van der Waals surface area contributed by atoms with E-state index in [-0.39, 0.29) is 11.9 Å². The molecule has 1 aliphatic carbocycles. The van der Waals surface area contributed by atoms with Crippen molar-refractivity contribution in [3.63, 3.8) is 0 Å². The molecule has 0 bridgehead atoms. The molecule has 1 unspecified atom stereocenters. The second kappa shape index (κ2) is 3.66. The van der Waals surface area contributed by atoms with Crippen LogP contribution in [0.5, 0.6) is 0 Å². The second-order valence-corrected chi connectivity index (χ2v) is 4.26. The Morgan fingerprint density at radius 3 is 2.87 bits per heavy atom. The number of fused-ring (bicyclic) bond motifs is 1. The highest BCUT2D eigenvalue weighted by Gasteiger charge is 2.20. The van der Waals surface area contributed by atoms with Crippen molar-refractivity contribution in [2.45, 2.75) is 18.9 Å². The average molecular weight is 204 g/mol. The van der Waals surface area contributed by atoms with Gasteiger partial charge in [-0.05, 0) is 36.1 Å². The van der Waals surface area contributed by atoms with Crippen LogP contribution >= 0.6 is 0 Å². The number of benzene rings is 1. The minimum absolute atomic E-state index is 0.0540. The molecule has 1 amide bonds. The largest absolute Gasteiger partial charge is 0.345 e. The summed E-state index contributed by atoms with van der Waals surface area (Å²) in [6, 6.07) is 5.99. The minimum atomic E-state index is 0.0540. The monoisotopic (exact) mass is 204 g/mol. The summed E-state index contributed by atoms with van der Waals surface area (Å²) in [5.74, 6) is 0.0540. The molecule has 80 valence electrons. The molecule has 0 radical (unpaired) electrons. The third kappa shape index (κ3) is 1.75. The van der Waals surface area contributed by atoms with Gasteiger partial charge in [0.15, 0.2) is 0 Å². The van der Waals surface area contributed by atoms with Crippen LogP contribution in [-0.2, 0) is 6.42 Å². The van der Waals surface area contributed by atoms with Gasteiger partial charge >= 0.3 is 0 Å². The summed E-state index contributed by atoms with van der Waals surface area (Å²) in [6.07, 6.45) is 1.99. The van der Waals surface area contributed by atoms with Crippen molar-refractivity contribution in [2.24, 2.45) is 5.73 Å². The van der Waals surface area contributed by atoms with Crippen molar-refractivity contribution >= 4 is 5.91 Å². The SMILES string of the molecule is CN(C)C(=O)c1ccc2c(c1)CCC2N. The summed E-state index contributed by atoms with van der Waals surface area (Å²) in [5, 5.41) is 0. The zero-order valence-electron chi connectivity index (χ0n) is 9.16. The zero-order chi connectivity index (χ0) is 11.0. The number of aryl methyl sites for hydroxylation is 1. The van der Waals surface area contributed by atoms with Crippen molar-refractivity contribution in [3.8, 4) is 0 Å². The summed E-state index contributed by atoms with van der Waals surface area (Å²) >= 11 is 0. The molecular weight excluding hydrogens is 188 g/mol. The number of nitrogens with two attached hydrogens (primary N) is 1. The van der Waals surface area contributed by atoms with Crippen LogP contribution in [0, 0.1) is 0 Å².